The fourth-order valence-electron chi connectivity index (χ4n) is 3.12. The molecule has 1 aromatic carbocycles. The molecule has 1 atom stereocenters. The summed E-state index contributed by atoms with van der Waals surface area (Å²) in [5.41, 5.74) is 1.50. The monoisotopic (exact) mass is 388 g/mol. The van der Waals surface area contributed by atoms with E-state index in [0.717, 1.165) is 12.8 Å². The van der Waals surface area contributed by atoms with Crippen LogP contribution in [0.25, 0.3) is 0 Å². The molecule has 0 radical (unpaired) electrons. The number of hydrogen-bond acceptors (Lipinski definition) is 6. The molecule has 1 aliphatic heterocycles. The first-order valence-electron chi connectivity index (χ1n) is 9.02. The van der Waals surface area contributed by atoms with Gasteiger partial charge in [0, 0.05) is 19.6 Å². The van der Waals surface area contributed by atoms with Crippen LogP contribution in [0.5, 0.6) is 0 Å². The summed E-state index contributed by atoms with van der Waals surface area (Å²) in [5, 5.41) is 2.85. The van der Waals surface area contributed by atoms with Crippen molar-refractivity contribution in [2.45, 2.75) is 25.3 Å². The third-order valence-corrected chi connectivity index (χ3v) is 6.51. The van der Waals surface area contributed by atoms with Gasteiger partial charge in [-0.25, -0.2) is 18.4 Å². The molecular weight excluding hydrogens is 364 g/mol. The summed E-state index contributed by atoms with van der Waals surface area (Å²) in [6.07, 6.45) is 5.29. The minimum Gasteiger partial charge on any atom is -0.354 e. The van der Waals surface area contributed by atoms with Crippen molar-refractivity contribution in [1.82, 2.24) is 15.3 Å². The van der Waals surface area contributed by atoms with E-state index in [2.05, 4.69) is 27.4 Å². The van der Waals surface area contributed by atoms with Crippen molar-refractivity contribution < 1.29 is 13.2 Å². The second-order valence-corrected chi connectivity index (χ2v) is 9.00. The standard InChI is InChI=1S/C19H24N4O3S/c1-23(16-9-11-27(25,26)14-16)18-13-21-17(12-22-18)19(24)20-10-5-8-15-6-3-2-4-7-15/h2-4,6-7,12-13,16H,5,8-11,14H2,1H3,(H,20,24). The third kappa shape index (κ3) is 5.26. The summed E-state index contributed by atoms with van der Waals surface area (Å²) >= 11 is 0. The van der Waals surface area contributed by atoms with Crippen molar-refractivity contribution in [3.8, 4) is 0 Å². The van der Waals surface area contributed by atoms with Gasteiger partial charge in [0.25, 0.3) is 5.91 Å². The molecule has 0 aliphatic carbocycles. The Kier molecular flexibility index (Phi) is 6.05. The van der Waals surface area contributed by atoms with E-state index in [9.17, 15) is 13.2 Å². The van der Waals surface area contributed by atoms with Gasteiger partial charge < -0.3 is 10.2 Å². The maximum Gasteiger partial charge on any atom is 0.271 e. The van der Waals surface area contributed by atoms with E-state index in [0.29, 0.717) is 18.8 Å². The maximum atomic E-state index is 12.2. The number of amides is 1. The molecule has 8 heteroatoms. The van der Waals surface area contributed by atoms with Crippen LogP contribution in [-0.2, 0) is 16.3 Å². The minimum absolute atomic E-state index is 0.0954. The number of rotatable bonds is 7. The smallest absolute Gasteiger partial charge is 0.271 e. The molecule has 1 saturated heterocycles. The predicted molar refractivity (Wildman–Crippen MR) is 105 cm³/mol. The van der Waals surface area contributed by atoms with E-state index in [1.54, 1.807) is 7.05 Å². The summed E-state index contributed by atoms with van der Waals surface area (Å²) in [6, 6.07) is 10.0. The molecule has 2 heterocycles. The Morgan fingerprint density at radius 1 is 1.22 bits per heavy atom. The largest absolute Gasteiger partial charge is 0.354 e. The summed E-state index contributed by atoms with van der Waals surface area (Å²) in [5.74, 6) is 0.652. The van der Waals surface area contributed by atoms with Gasteiger partial charge in [-0.1, -0.05) is 30.3 Å². The predicted octanol–water partition coefficient (Wildman–Crippen LogP) is 1.46. The summed E-state index contributed by atoms with van der Waals surface area (Å²) in [7, 11) is -1.15. The summed E-state index contributed by atoms with van der Waals surface area (Å²) < 4.78 is 23.2. The van der Waals surface area contributed by atoms with Gasteiger partial charge in [-0.15, -0.1) is 0 Å². The molecule has 1 unspecified atom stereocenters. The van der Waals surface area contributed by atoms with Crippen LogP contribution in [0.1, 0.15) is 28.9 Å². The van der Waals surface area contributed by atoms with Gasteiger partial charge >= 0.3 is 0 Å². The number of aromatic nitrogens is 2. The van der Waals surface area contributed by atoms with Crippen molar-refractivity contribution in [2.24, 2.45) is 0 Å². The molecular formula is C19H24N4O3S. The Balaban J connectivity index is 1.48. The van der Waals surface area contributed by atoms with Crippen LogP contribution in [0.4, 0.5) is 5.82 Å². The van der Waals surface area contributed by atoms with Gasteiger partial charge in [0.05, 0.1) is 23.9 Å². The molecule has 0 bridgehead atoms. The zero-order chi connectivity index (χ0) is 19.3. The average molecular weight is 388 g/mol. The van der Waals surface area contributed by atoms with Gasteiger partial charge in [-0.2, -0.15) is 0 Å². The van der Waals surface area contributed by atoms with Crippen molar-refractivity contribution in [3.05, 3.63) is 54.0 Å². The lowest BCUT2D eigenvalue weighted by Crippen LogP contribution is -2.33. The highest BCUT2D eigenvalue weighted by molar-refractivity contribution is 7.91. The highest BCUT2D eigenvalue weighted by Gasteiger charge is 2.31. The fourth-order valence-corrected chi connectivity index (χ4v) is 4.89. The molecule has 2 aromatic rings. The number of nitrogens with one attached hydrogen (secondary N) is 1. The fraction of sp³-hybridized carbons (Fsp3) is 0.421. The normalized spacial score (nSPS) is 18.2. The minimum atomic E-state index is -2.96. The number of anilines is 1. The molecule has 1 aromatic heterocycles. The van der Waals surface area contributed by atoms with E-state index in [4.69, 9.17) is 0 Å². The van der Waals surface area contributed by atoms with Crippen LogP contribution >= 0.6 is 0 Å². The Bertz CT molecular complexity index is 870. The number of hydrogen-bond donors (Lipinski definition) is 1. The Hall–Kier alpha value is -2.48. The number of carbonyl (C=O) groups is 1. The van der Waals surface area contributed by atoms with E-state index >= 15 is 0 Å². The van der Waals surface area contributed by atoms with Crippen LogP contribution in [0.15, 0.2) is 42.7 Å². The molecule has 0 saturated carbocycles. The van der Waals surface area contributed by atoms with Crippen LogP contribution in [0.3, 0.4) is 0 Å². The number of nitrogens with zero attached hydrogens (tertiary/aromatic N) is 3. The first-order chi connectivity index (χ1) is 12.9. The molecule has 1 fully saturated rings. The van der Waals surface area contributed by atoms with Crippen LogP contribution in [0, 0.1) is 0 Å². The Labute approximate surface area is 159 Å². The first kappa shape index (κ1) is 19.3. The van der Waals surface area contributed by atoms with Crippen molar-refractivity contribution in [1.29, 1.82) is 0 Å². The van der Waals surface area contributed by atoms with Crippen LogP contribution in [0.2, 0.25) is 0 Å². The average Bonchev–Trinajstić information content (AvgIpc) is 3.05. The van der Waals surface area contributed by atoms with E-state index in [1.807, 2.05) is 23.1 Å². The SMILES string of the molecule is CN(c1cnc(C(=O)NCCCc2ccccc2)cn1)C1CCS(=O)(=O)C1. The number of sulfone groups is 1. The van der Waals surface area contributed by atoms with E-state index in [-0.39, 0.29) is 29.1 Å². The third-order valence-electron chi connectivity index (χ3n) is 4.76. The Morgan fingerprint density at radius 2 is 2.00 bits per heavy atom. The number of benzene rings is 1. The van der Waals surface area contributed by atoms with E-state index in [1.165, 1.54) is 18.0 Å². The van der Waals surface area contributed by atoms with Crippen LogP contribution < -0.4 is 10.2 Å². The summed E-state index contributed by atoms with van der Waals surface area (Å²) in [6.45, 7) is 0.566. The highest BCUT2D eigenvalue weighted by Crippen LogP contribution is 2.20. The molecule has 0 spiro atoms. The lowest BCUT2D eigenvalue weighted by molar-refractivity contribution is 0.0948. The number of carbonyl (C=O) groups excluding carboxylic acids is 1. The van der Waals surface area contributed by atoms with Gasteiger partial charge in [0.1, 0.15) is 11.5 Å². The van der Waals surface area contributed by atoms with Gasteiger partial charge in [0.2, 0.25) is 0 Å². The molecule has 27 heavy (non-hydrogen) atoms. The molecule has 7 nitrogen and oxygen atoms in total. The second-order valence-electron chi connectivity index (χ2n) is 6.77. The first-order valence-corrected chi connectivity index (χ1v) is 10.8. The lowest BCUT2D eigenvalue weighted by atomic mass is 10.1. The summed E-state index contributed by atoms with van der Waals surface area (Å²) in [4.78, 5) is 22.4. The van der Waals surface area contributed by atoms with Crippen molar-refractivity contribution in [3.63, 3.8) is 0 Å². The molecule has 1 N–H and O–H groups in total. The highest BCUT2D eigenvalue weighted by atomic mass is 32.2. The van der Waals surface area contributed by atoms with Gasteiger partial charge in [0.15, 0.2) is 9.84 Å². The topological polar surface area (TPSA) is 92.3 Å². The molecule has 1 amide bonds. The van der Waals surface area contributed by atoms with E-state index < -0.39 is 9.84 Å². The molecule has 144 valence electrons. The molecule has 3 rings (SSSR count). The van der Waals surface area contributed by atoms with Gasteiger partial charge in [-0.3, -0.25) is 4.79 Å². The zero-order valence-electron chi connectivity index (χ0n) is 15.3. The quantitative estimate of drug-likeness (QED) is 0.722. The van der Waals surface area contributed by atoms with Crippen molar-refractivity contribution >= 4 is 21.6 Å². The van der Waals surface area contributed by atoms with Crippen LogP contribution in [-0.4, -0.2) is 55.4 Å². The Morgan fingerprint density at radius 3 is 2.63 bits per heavy atom. The molecule has 1 aliphatic rings. The number of aryl methyl sites for hydroxylation is 1. The zero-order valence-corrected chi connectivity index (χ0v) is 16.2. The second kappa shape index (κ2) is 8.47. The lowest BCUT2D eigenvalue weighted by Gasteiger charge is -2.23. The van der Waals surface area contributed by atoms with Gasteiger partial charge in [-0.05, 0) is 24.8 Å². The van der Waals surface area contributed by atoms with Crippen molar-refractivity contribution in [2.75, 3.05) is 30.0 Å². The maximum absolute atomic E-state index is 12.2.